The molecule has 9 heteroatoms. The molecule has 9 nitrogen and oxygen atoms in total. The van der Waals surface area contributed by atoms with Crippen LogP contribution >= 0.6 is 0 Å². The molecule has 3 aromatic heterocycles. The Bertz CT molecular complexity index is 1230. The Morgan fingerprint density at radius 1 is 1.27 bits per heavy atom. The number of aromatic nitrogens is 3. The molecule has 2 aliphatic rings. The van der Waals surface area contributed by atoms with Crippen LogP contribution in [0.1, 0.15) is 31.7 Å². The second-order valence-electron chi connectivity index (χ2n) is 8.87. The van der Waals surface area contributed by atoms with Crippen LogP contribution in [0.25, 0.3) is 16.6 Å². The van der Waals surface area contributed by atoms with Gasteiger partial charge < -0.3 is 19.6 Å². The number of amides is 1. The predicted molar refractivity (Wildman–Crippen MR) is 122 cm³/mol. The quantitative estimate of drug-likeness (QED) is 0.652. The molecule has 2 saturated heterocycles. The fourth-order valence-corrected chi connectivity index (χ4v) is 5.21. The summed E-state index contributed by atoms with van der Waals surface area (Å²) in [6.45, 7) is 5.36. The first-order valence-corrected chi connectivity index (χ1v) is 11.3. The van der Waals surface area contributed by atoms with Crippen molar-refractivity contribution >= 4 is 17.4 Å². The summed E-state index contributed by atoms with van der Waals surface area (Å²) in [6.07, 6.45) is 7.26. The number of pyridine rings is 2. The summed E-state index contributed by atoms with van der Waals surface area (Å²) in [5.41, 5.74) is 2.96. The fourth-order valence-electron chi connectivity index (χ4n) is 5.21. The Morgan fingerprint density at radius 3 is 2.88 bits per heavy atom. The fraction of sp³-hybridized carbons (Fsp3) is 0.417. The third-order valence-electron chi connectivity index (χ3n) is 6.77. The lowest BCUT2D eigenvalue weighted by atomic mass is 9.79. The average molecular weight is 447 g/mol. The van der Waals surface area contributed by atoms with E-state index >= 15 is 0 Å². The minimum absolute atomic E-state index is 0.00821. The van der Waals surface area contributed by atoms with Crippen LogP contribution < -0.4 is 9.64 Å². The van der Waals surface area contributed by atoms with E-state index in [2.05, 4.69) is 16.1 Å². The third kappa shape index (κ3) is 3.82. The Kier molecular flexibility index (Phi) is 5.29. The molecule has 33 heavy (non-hydrogen) atoms. The first-order chi connectivity index (χ1) is 16.0. The monoisotopic (exact) mass is 446 g/mol. The topological polar surface area (TPSA) is 107 Å². The second-order valence-corrected chi connectivity index (χ2v) is 8.87. The molecule has 0 unspecified atom stereocenters. The van der Waals surface area contributed by atoms with Crippen LogP contribution in [-0.2, 0) is 0 Å². The van der Waals surface area contributed by atoms with Crippen LogP contribution in [0.3, 0.4) is 0 Å². The number of likely N-dealkylation sites (tertiary alicyclic amines) is 1. The molecule has 3 aromatic rings. The number of rotatable bonds is 4. The van der Waals surface area contributed by atoms with Gasteiger partial charge in [-0.25, -0.2) is 14.3 Å². The first kappa shape index (κ1) is 21.1. The van der Waals surface area contributed by atoms with E-state index in [1.807, 2.05) is 31.3 Å². The van der Waals surface area contributed by atoms with Crippen molar-refractivity contribution in [2.24, 2.45) is 5.41 Å². The molecule has 5 heterocycles. The standard InChI is InChI=1S/C24H26N6O3/c1-2-33-19-10-20(22-18(11-25)13-27-30(22)14-19)17-4-5-21(26-12-17)28-9-7-24(15-28)6-3-8-29(16-24)23(31)32/h4-5,10,12-14H,2-3,6-9,15-16H2,1H3,(H,31,32)/t24-/m1/s1. The van der Waals surface area contributed by atoms with Crippen LogP contribution in [0.5, 0.6) is 5.75 Å². The maximum atomic E-state index is 11.5. The van der Waals surface area contributed by atoms with Gasteiger partial charge in [-0.1, -0.05) is 0 Å². The highest BCUT2D eigenvalue weighted by atomic mass is 16.5. The van der Waals surface area contributed by atoms with Gasteiger partial charge in [0, 0.05) is 48.9 Å². The van der Waals surface area contributed by atoms with Crippen molar-refractivity contribution in [3.63, 3.8) is 0 Å². The van der Waals surface area contributed by atoms with E-state index in [9.17, 15) is 15.2 Å². The van der Waals surface area contributed by atoms with E-state index in [1.165, 1.54) is 0 Å². The molecule has 5 rings (SSSR count). The molecule has 0 radical (unpaired) electrons. The number of carboxylic acid groups (broad SMARTS) is 1. The van der Waals surface area contributed by atoms with Crippen molar-refractivity contribution in [2.45, 2.75) is 26.2 Å². The summed E-state index contributed by atoms with van der Waals surface area (Å²) in [5.74, 6) is 1.56. The van der Waals surface area contributed by atoms with Gasteiger partial charge in [0.1, 0.15) is 17.6 Å². The minimum atomic E-state index is -0.827. The molecule has 170 valence electrons. The number of nitriles is 1. The van der Waals surface area contributed by atoms with Crippen LogP contribution in [0.15, 0.2) is 36.8 Å². The molecular formula is C24H26N6O3. The lowest BCUT2D eigenvalue weighted by molar-refractivity contribution is 0.0879. The van der Waals surface area contributed by atoms with Crippen LogP contribution in [-0.4, -0.2) is 63.5 Å². The highest BCUT2D eigenvalue weighted by Gasteiger charge is 2.42. The average Bonchev–Trinajstić information content (AvgIpc) is 3.43. The number of nitrogens with zero attached hydrogens (tertiary/aromatic N) is 6. The molecule has 0 aliphatic carbocycles. The molecule has 0 saturated carbocycles. The van der Waals surface area contributed by atoms with E-state index < -0.39 is 6.09 Å². The van der Waals surface area contributed by atoms with Crippen LogP contribution in [0.2, 0.25) is 0 Å². The summed E-state index contributed by atoms with van der Waals surface area (Å²) in [7, 11) is 0. The lowest BCUT2D eigenvalue weighted by Crippen LogP contribution is -2.46. The van der Waals surface area contributed by atoms with Gasteiger partial charge in [0.25, 0.3) is 0 Å². The molecule has 1 spiro atoms. The van der Waals surface area contributed by atoms with E-state index in [4.69, 9.17) is 9.72 Å². The minimum Gasteiger partial charge on any atom is -0.492 e. The molecule has 0 aromatic carbocycles. The Labute approximate surface area is 191 Å². The molecule has 0 bridgehead atoms. The number of hydrogen-bond acceptors (Lipinski definition) is 6. The van der Waals surface area contributed by atoms with Gasteiger partial charge in [0.05, 0.1) is 30.1 Å². The summed E-state index contributed by atoms with van der Waals surface area (Å²) in [6, 6.07) is 8.14. The largest absolute Gasteiger partial charge is 0.492 e. The zero-order chi connectivity index (χ0) is 23.0. The number of ether oxygens (including phenoxy) is 1. The highest BCUT2D eigenvalue weighted by Crippen LogP contribution is 2.40. The van der Waals surface area contributed by atoms with Crippen molar-refractivity contribution in [3.05, 3.63) is 42.4 Å². The van der Waals surface area contributed by atoms with Gasteiger partial charge in [-0.15, -0.1) is 0 Å². The lowest BCUT2D eigenvalue weighted by Gasteiger charge is -2.39. The van der Waals surface area contributed by atoms with Crippen molar-refractivity contribution < 1.29 is 14.6 Å². The molecule has 2 aliphatic heterocycles. The van der Waals surface area contributed by atoms with Crippen molar-refractivity contribution in [3.8, 4) is 22.9 Å². The predicted octanol–water partition coefficient (Wildman–Crippen LogP) is 3.64. The van der Waals surface area contributed by atoms with E-state index in [0.29, 0.717) is 31.0 Å². The maximum absolute atomic E-state index is 11.5. The summed E-state index contributed by atoms with van der Waals surface area (Å²) in [4.78, 5) is 20.0. The third-order valence-corrected chi connectivity index (χ3v) is 6.77. The maximum Gasteiger partial charge on any atom is 0.407 e. The van der Waals surface area contributed by atoms with Gasteiger partial charge in [0.15, 0.2) is 0 Å². The number of hydrogen-bond donors (Lipinski definition) is 1. The summed E-state index contributed by atoms with van der Waals surface area (Å²) >= 11 is 0. The second kappa shape index (κ2) is 8.28. The van der Waals surface area contributed by atoms with Gasteiger partial charge in [-0.2, -0.15) is 10.4 Å². The Morgan fingerprint density at radius 2 is 2.15 bits per heavy atom. The van der Waals surface area contributed by atoms with E-state index in [0.717, 1.165) is 54.8 Å². The molecule has 1 N–H and O–H groups in total. The van der Waals surface area contributed by atoms with Crippen molar-refractivity contribution in [2.75, 3.05) is 37.7 Å². The van der Waals surface area contributed by atoms with Gasteiger partial charge in [0.2, 0.25) is 0 Å². The zero-order valence-electron chi connectivity index (χ0n) is 18.6. The zero-order valence-corrected chi connectivity index (χ0v) is 18.6. The number of piperidine rings is 1. The summed E-state index contributed by atoms with van der Waals surface area (Å²) in [5, 5.41) is 23.3. The van der Waals surface area contributed by atoms with Crippen LogP contribution in [0, 0.1) is 16.7 Å². The SMILES string of the molecule is CCOc1cc(-c2ccc(N3CC[C@]4(CCCN(C(=O)O)C4)C3)nc2)c2c(C#N)cnn2c1. The first-order valence-electron chi connectivity index (χ1n) is 11.3. The highest BCUT2D eigenvalue weighted by molar-refractivity contribution is 5.85. The Balaban J connectivity index is 1.42. The molecule has 1 amide bonds. The van der Waals surface area contributed by atoms with E-state index in [1.54, 1.807) is 21.8 Å². The van der Waals surface area contributed by atoms with Crippen LogP contribution in [0.4, 0.5) is 10.6 Å². The van der Waals surface area contributed by atoms with Gasteiger partial charge in [-0.3, -0.25) is 0 Å². The van der Waals surface area contributed by atoms with Gasteiger partial charge in [-0.05, 0) is 44.4 Å². The number of anilines is 1. The molecule has 1 atom stereocenters. The van der Waals surface area contributed by atoms with Crippen molar-refractivity contribution in [1.29, 1.82) is 5.26 Å². The van der Waals surface area contributed by atoms with E-state index in [-0.39, 0.29) is 5.41 Å². The number of carbonyl (C=O) groups is 1. The van der Waals surface area contributed by atoms with Gasteiger partial charge >= 0.3 is 6.09 Å². The number of fused-ring (bicyclic) bond motifs is 1. The molecule has 2 fully saturated rings. The Hall–Kier alpha value is -3.80. The smallest absolute Gasteiger partial charge is 0.407 e. The summed E-state index contributed by atoms with van der Waals surface area (Å²) < 4.78 is 7.37. The normalized spacial score (nSPS) is 20.4. The van der Waals surface area contributed by atoms with Crippen molar-refractivity contribution in [1.82, 2.24) is 19.5 Å². The molecular weight excluding hydrogens is 420 g/mol.